The Morgan fingerprint density at radius 2 is 2.17 bits per heavy atom. The number of aromatic nitrogens is 1. The average molecular weight is 326 g/mol. The van der Waals surface area contributed by atoms with Crippen LogP contribution in [0.5, 0.6) is 0 Å². The molecule has 24 heavy (non-hydrogen) atoms. The highest BCUT2D eigenvalue weighted by atomic mass is 16.6. The van der Waals surface area contributed by atoms with Gasteiger partial charge >= 0.3 is 12.1 Å². The van der Waals surface area contributed by atoms with Gasteiger partial charge in [-0.05, 0) is 18.2 Å². The number of carbonyl (C=O) groups is 2. The lowest BCUT2D eigenvalue weighted by atomic mass is 10.2. The van der Waals surface area contributed by atoms with Crippen molar-refractivity contribution in [2.75, 3.05) is 30.9 Å². The Balaban J connectivity index is 2.11. The fourth-order valence-electron chi connectivity index (χ4n) is 2.56. The molecule has 3 rings (SSSR count). The summed E-state index contributed by atoms with van der Waals surface area (Å²) in [6.07, 6.45) is 1.04. The summed E-state index contributed by atoms with van der Waals surface area (Å²) in [6.45, 7) is 0.773. The Bertz CT molecular complexity index is 865. The van der Waals surface area contributed by atoms with Gasteiger partial charge in [0.05, 0.1) is 24.9 Å². The van der Waals surface area contributed by atoms with Crippen molar-refractivity contribution in [3.05, 3.63) is 41.7 Å². The number of carbonyl (C=O) groups excluding carboxylic acids is 2. The molecule has 0 aliphatic carbocycles. The zero-order valence-electron chi connectivity index (χ0n) is 12.9. The first-order chi connectivity index (χ1) is 11.6. The van der Waals surface area contributed by atoms with Crippen LogP contribution in [0, 0.1) is 11.3 Å². The Labute approximate surface area is 137 Å². The topological polar surface area (TPSA) is 111 Å². The van der Waals surface area contributed by atoms with Gasteiger partial charge in [-0.25, -0.2) is 9.59 Å². The summed E-state index contributed by atoms with van der Waals surface area (Å²) < 4.78 is 11.2. The number of nitrogens with zero attached hydrogens (tertiary/aromatic N) is 3. The molecule has 1 aliphatic heterocycles. The lowest BCUT2D eigenvalue weighted by Crippen LogP contribution is -2.23. The van der Waals surface area contributed by atoms with Crippen molar-refractivity contribution in [3.63, 3.8) is 0 Å². The molecule has 1 aliphatic rings. The molecule has 1 aromatic carbocycles. The Morgan fingerprint density at radius 1 is 1.42 bits per heavy atom. The largest absolute Gasteiger partial charge is 0.464 e. The van der Waals surface area contributed by atoms with Crippen molar-refractivity contribution in [3.8, 4) is 11.8 Å². The summed E-state index contributed by atoms with van der Waals surface area (Å²) >= 11 is 0. The van der Waals surface area contributed by atoms with Gasteiger partial charge in [0.2, 0.25) is 0 Å². The van der Waals surface area contributed by atoms with Gasteiger partial charge in [-0.3, -0.25) is 4.90 Å². The van der Waals surface area contributed by atoms with Gasteiger partial charge in [0.1, 0.15) is 12.7 Å². The van der Waals surface area contributed by atoms with Gasteiger partial charge in [0, 0.05) is 17.6 Å². The fourth-order valence-corrected chi connectivity index (χ4v) is 2.56. The molecule has 1 aromatic heterocycles. The highest BCUT2D eigenvalue weighted by Gasteiger charge is 2.25. The fraction of sp³-hybridized carbons (Fsp3) is 0.188. The molecular formula is C16H14N4O4. The van der Waals surface area contributed by atoms with Crippen molar-refractivity contribution >= 4 is 23.4 Å². The summed E-state index contributed by atoms with van der Waals surface area (Å²) in [4.78, 5) is 25.2. The molecule has 122 valence electrons. The van der Waals surface area contributed by atoms with Crippen molar-refractivity contribution in [2.24, 2.45) is 0 Å². The second-order valence-corrected chi connectivity index (χ2v) is 5.06. The number of nitrogen functional groups attached to an aromatic ring is 1. The molecule has 0 radical (unpaired) electrons. The molecule has 0 unspecified atom stereocenters. The average Bonchev–Trinajstić information content (AvgIpc) is 3.17. The van der Waals surface area contributed by atoms with E-state index in [-0.39, 0.29) is 16.9 Å². The number of hydrogen-bond donors (Lipinski definition) is 1. The third-order valence-corrected chi connectivity index (χ3v) is 3.72. The quantitative estimate of drug-likeness (QED) is 0.859. The molecule has 2 aromatic rings. The minimum Gasteiger partial charge on any atom is -0.464 e. The normalized spacial score (nSPS) is 13.5. The lowest BCUT2D eigenvalue weighted by molar-refractivity contribution is 0.0593. The van der Waals surface area contributed by atoms with Crippen molar-refractivity contribution in [1.82, 2.24) is 4.57 Å². The minimum atomic E-state index is -0.653. The van der Waals surface area contributed by atoms with Gasteiger partial charge in [0.15, 0.2) is 5.69 Å². The Kier molecular flexibility index (Phi) is 3.83. The van der Waals surface area contributed by atoms with Crippen LogP contribution in [-0.4, -0.2) is 36.9 Å². The van der Waals surface area contributed by atoms with E-state index in [0.29, 0.717) is 24.5 Å². The van der Waals surface area contributed by atoms with Crippen LogP contribution in [0.15, 0.2) is 30.5 Å². The number of amides is 1. The molecule has 2 N–H and O–H groups in total. The number of nitriles is 1. The van der Waals surface area contributed by atoms with Crippen LogP contribution in [0.25, 0.3) is 5.69 Å². The smallest absolute Gasteiger partial charge is 0.414 e. The van der Waals surface area contributed by atoms with Gasteiger partial charge in [-0.1, -0.05) is 6.07 Å². The first kappa shape index (κ1) is 15.4. The number of anilines is 2. The van der Waals surface area contributed by atoms with Crippen LogP contribution in [0.3, 0.4) is 0 Å². The molecule has 0 atom stereocenters. The molecule has 0 saturated carbocycles. The summed E-state index contributed by atoms with van der Waals surface area (Å²) in [5.41, 5.74) is 7.36. The molecule has 8 nitrogen and oxygen atoms in total. The van der Waals surface area contributed by atoms with Crippen molar-refractivity contribution in [2.45, 2.75) is 0 Å². The van der Waals surface area contributed by atoms with E-state index in [1.54, 1.807) is 24.3 Å². The molecular weight excluding hydrogens is 312 g/mol. The first-order valence-electron chi connectivity index (χ1n) is 7.10. The number of nitrogens with two attached hydrogens (primary N) is 1. The molecule has 1 saturated heterocycles. The summed E-state index contributed by atoms with van der Waals surface area (Å²) in [5, 5.41) is 9.15. The molecule has 1 amide bonds. The zero-order chi connectivity index (χ0) is 17.3. The highest BCUT2D eigenvalue weighted by molar-refractivity contribution is 5.96. The van der Waals surface area contributed by atoms with E-state index in [9.17, 15) is 9.59 Å². The van der Waals surface area contributed by atoms with Crippen molar-refractivity contribution in [1.29, 1.82) is 5.26 Å². The maximum Gasteiger partial charge on any atom is 0.414 e. The van der Waals surface area contributed by atoms with E-state index in [1.165, 1.54) is 22.8 Å². The Hall–Kier alpha value is -3.47. The number of esters is 1. The van der Waals surface area contributed by atoms with Crippen LogP contribution in [0.1, 0.15) is 16.1 Å². The summed E-state index contributed by atoms with van der Waals surface area (Å²) in [5.74, 6) is -0.653. The predicted octanol–water partition coefficient (Wildman–Crippen LogP) is 1.67. The molecule has 0 spiro atoms. The second kappa shape index (κ2) is 5.96. The van der Waals surface area contributed by atoms with E-state index in [0.717, 1.165) is 0 Å². The number of methoxy groups -OCH3 is 1. The highest BCUT2D eigenvalue weighted by Crippen LogP contribution is 2.27. The van der Waals surface area contributed by atoms with Crippen molar-refractivity contribution < 1.29 is 19.1 Å². The van der Waals surface area contributed by atoms with Crippen LogP contribution in [0.2, 0.25) is 0 Å². The third kappa shape index (κ3) is 2.42. The van der Waals surface area contributed by atoms with Crippen LogP contribution < -0.4 is 10.6 Å². The number of cyclic esters (lactones) is 1. The van der Waals surface area contributed by atoms with E-state index in [4.69, 9.17) is 20.5 Å². The predicted molar refractivity (Wildman–Crippen MR) is 84.9 cm³/mol. The SMILES string of the molecule is COC(=O)c1c(N)c(C#N)cn1-c1cccc(N2CCOC2=O)c1. The number of benzene rings is 1. The monoisotopic (exact) mass is 326 g/mol. The van der Waals surface area contributed by atoms with E-state index < -0.39 is 12.1 Å². The van der Waals surface area contributed by atoms with Gasteiger partial charge in [0.25, 0.3) is 0 Å². The first-order valence-corrected chi connectivity index (χ1v) is 7.10. The summed E-state index contributed by atoms with van der Waals surface area (Å²) in [6, 6.07) is 8.88. The van der Waals surface area contributed by atoms with Gasteiger partial charge in [-0.2, -0.15) is 5.26 Å². The number of rotatable bonds is 3. The van der Waals surface area contributed by atoms with Crippen LogP contribution in [0.4, 0.5) is 16.2 Å². The minimum absolute atomic E-state index is 0.0512. The maximum absolute atomic E-state index is 12.0. The molecule has 0 bridgehead atoms. The zero-order valence-corrected chi connectivity index (χ0v) is 12.9. The number of hydrogen-bond acceptors (Lipinski definition) is 6. The van der Waals surface area contributed by atoms with Crippen LogP contribution >= 0.6 is 0 Å². The Morgan fingerprint density at radius 3 is 2.79 bits per heavy atom. The maximum atomic E-state index is 12.0. The molecule has 1 fully saturated rings. The third-order valence-electron chi connectivity index (χ3n) is 3.72. The van der Waals surface area contributed by atoms with E-state index >= 15 is 0 Å². The molecule has 2 heterocycles. The number of ether oxygens (including phenoxy) is 2. The standard InChI is InChI=1S/C16H14N4O4/c1-23-15(21)14-13(18)10(8-17)9-20(14)12-4-2-3-11(7-12)19-5-6-24-16(19)22/h2-4,7,9H,5-6,18H2,1H3. The van der Waals surface area contributed by atoms with Crippen LogP contribution in [-0.2, 0) is 9.47 Å². The van der Waals surface area contributed by atoms with Gasteiger partial charge in [-0.15, -0.1) is 0 Å². The summed E-state index contributed by atoms with van der Waals surface area (Å²) in [7, 11) is 1.24. The molecule has 8 heteroatoms. The van der Waals surface area contributed by atoms with E-state index in [2.05, 4.69) is 0 Å². The van der Waals surface area contributed by atoms with Gasteiger partial charge < -0.3 is 19.8 Å². The lowest BCUT2D eigenvalue weighted by Gasteiger charge is -2.15. The van der Waals surface area contributed by atoms with E-state index in [1.807, 2.05) is 6.07 Å². The second-order valence-electron chi connectivity index (χ2n) is 5.06.